The number of aryl methyl sites for hydroxylation is 6. The fourth-order valence-corrected chi connectivity index (χ4v) is 6.25. The zero-order valence-electron chi connectivity index (χ0n) is 25.6. The molecule has 7 heterocycles. The van der Waals surface area contributed by atoms with Crippen molar-refractivity contribution < 1.29 is 0 Å². The summed E-state index contributed by atoms with van der Waals surface area (Å²) >= 11 is 0. The van der Waals surface area contributed by atoms with E-state index >= 15 is 0 Å². The van der Waals surface area contributed by atoms with E-state index in [1.165, 1.54) is 67.5 Å². The summed E-state index contributed by atoms with van der Waals surface area (Å²) in [7, 11) is 0. The molecule has 0 aliphatic carbocycles. The number of anilines is 6. The molecule has 0 amide bonds. The molecule has 2 heteroatoms. The van der Waals surface area contributed by atoms with Crippen LogP contribution in [0.1, 0.15) is 33.4 Å². The first-order valence-corrected chi connectivity index (χ1v) is 15.7. The molecule has 2 nitrogen and oxygen atoms in total. The lowest BCUT2D eigenvalue weighted by molar-refractivity contribution is 0.957. The van der Waals surface area contributed by atoms with Gasteiger partial charge in [0.15, 0.2) is 0 Å². The third-order valence-corrected chi connectivity index (χ3v) is 8.70. The lowest BCUT2D eigenvalue weighted by Crippen LogP contribution is -2.11. The molecule has 13 rings (SSSR count). The molecule has 0 N–H and O–H groups in total. The van der Waals surface area contributed by atoms with E-state index in [-0.39, 0.29) is 0 Å². The molecule has 0 saturated carbocycles. The molecule has 44 heavy (non-hydrogen) atoms. The first-order chi connectivity index (χ1) is 21.6. The van der Waals surface area contributed by atoms with Crippen molar-refractivity contribution in [3.63, 3.8) is 0 Å². The van der Waals surface area contributed by atoms with Gasteiger partial charge in [0.05, 0.1) is 0 Å². The van der Waals surface area contributed by atoms with Gasteiger partial charge in [0, 0.05) is 34.1 Å². The minimum Gasteiger partial charge on any atom is -0.310 e. The highest BCUT2D eigenvalue weighted by molar-refractivity contribution is 5.78. The Morgan fingerprint density at radius 1 is 0.318 bits per heavy atom. The summed E-state index contributed by atoms with van der Waals surface area (Å²) < 4.78 is 0. The van der Waals surface area contributed by atoms with E-state index in [0.717, 1.165) is 25.7 Å². The summed E-state index contributed by atoms with van der Waals surface area (Å²) in [4.78, 5) is 4.73. The Kier molecular flexibility index (Phi) is 7.73. The predicted molar refractivity (Wildman–Crippen MR) is 187 cm³/mol. The van der Waals surface area contributed by atoms with Crippen LogP contribution in [0.25, 0.3) is 0 Å². The van der Waals surface area contributed by atoms with Gasteiger partial charge in [-0.05, 0) is 146 Å². The van der Waals surface area contributed by atoms with Crippen LogP contribution in [0, 0.1) is 13.8 Å². The van der Waals surface area contributed by atoms with Crippen LogP contribution in [0.4, 0.5) is 34.1 Å². The van der Waals surface area contributed by atoms with Gasteiger partial charge >= 0.3 is 0 Å². The molecule has 7 aliphatic heterocycles. The molecule has 8 bridgehead atoms. The van der Waals surface area contributed by atoms with Crippen LogP contribution in [-0.4, -0.2) is 0 Å². The molecule has 0 fully saturated rings. The molecule has 0 radical (unpaired) electrons. The maximum absolute atomic E-state index is 2.37. The Morgan fingerprint density at radius 3 is 0.841 bits per heavy atom. The second kappa shape index (κ2) is 12.3. The van der Waals surface area contributed by atoms with Gasteiger partial charge in [0.2, 0.25) is 0 Å². The van der Waals surface area contributed by atoms with E-state index < -0.39 is 0 Å². The van der Waals surface area contributed by atoms with E-state index in [2.05, 4.69) is 169 Å². The van der Waals surface area contributed by atoms with Crippen molar-refractivity contribution in [2.75, 3.05) is 9.80 Å². The van der Waals surface area contributed by atoms with Crippen molar-refractivity contribution in [2.45, 2.75) is 39.5 Å². The van der Waals surface area contributed by atoms with Gasteiger partial charge in [-0.1, -0.05) is 72.8 Å². The number of benzene rings is 6. The lowest BCUT2D eigenvalue weighted by Gasteiger charge is -2.26. The molecule has 0 spiro atoms. The van der Waals surface area contributed by atoms with Crippen LogP contribution in [0.15, 0.2) is 146 Å². The molecule has 216 valence electrons. The first kappa shape index (κ1) is 27.7. The number of rotatable bonds is 2. The van der Waals surface area contributed by atoms with Gasteiger partial charge < -0.3 is 9.80 Å². The summed E-state index contributed by atoms with van der Waals surface area (Å²) in [6.45, 7) is 4.32. The number of nitrogens with zero attached hydrogens (tertiary/aromatic N) is 2. The molecule has 0 aromatic heterocycles. The summed E-state index contributed by atoms with van der Waals surface area (Å²) in [5, 5.41) is 0. The SMILES string of the molecule is Cc1cccc(N2c3ccc(cc3)CCc3ccc(cc3)N(c3cccc(C)c3)c3ccc(cc3)CCc3ccc2cc3)c1. The maximum Gasteiger partial charge on any atom is 0.0464 e. The Balaban J connectivity index is 1.27. The van der Waals surface area contributed by atoms with Crippen molar-refractivity contribution in [1.82, 2.24) is 0 Å². The van der Waals surface area contributed by atoms with Crippen LogP contribution in [0.5, 0.6) is 0 Å². The van der Waals surface area contributed by atoms with Gasteiger partial charge in [0.1, 0.15) is 0 Å². The Morgan fingerprint density at radius 2 is 0.591 bits per heavy atom. The number of hydrogen-bond donors (Lipinski definition) is 0. The quantitative estimate of drug-likeness (QED) is 0.204. The highest BCUT2D eigenvalue weighted by atomic mass is 15.1. The van der Waals surface area contributed by atoms with Gasteiger partial charge in [-0.15, -0.1) is 0 Å². The van der Waals surface area contributed by atoms with Gasteiger partial charge in [0.25, 0.3) is 0 Å². The topological polar surface area (TPSA) is 6.48 Å². The minimum absolute atomic E-state index is 1.00. The first-order valence-electron chi connectivity index (χ1n) is 15.7. The van der Waals surface area contributed by atoms with Crippen LogP contribution in [0.3, 0.4) is 0 Å². The van der Waals surface area contributed by atoms with Gasteiger partial charge in [-0.3, -0.25) is 0 Å². The Bertz CT molecular complexity index is 1620. The van der Waals surface area contributed by atoms with E-state index in [1.54, 1.807) is 0 Å². The largest absolute Gasteiger partial charge is 0.310 e. The van der Waals surface area contributed by atoms with Crippen molar-refractivity contribution in [3.8, 4) is 0 Å². The average Bonchev–Trinajstić information content (AvgIpc) is 3.05. The van der Waals surface area contributed by atoms with Crippen molar-refractivity contribution >= 4 is 34.1 Å². The molecular weight excluding hydrogens is 532 g/mol. The second-order valence-electron chi connectivity index (χ2n) is 12.0. The third kappa shape index (κ3) is 6.02. The number of hydrogen-bond acceptors (Lipinski definition) is 2. The normalized spacial score (nSPS) is 13.2. The third-order valence-electron chi connectivity index (χ3n) is 8.70. The maximum atomic E-state index is 2.37. The van der Waals surface area contributed by atoms with Gasteiger partial charge in [-0.25, -0.2) is 0 Å². The molecule has 7 aliphatic rings. The van der Waals surface area contributed by atoms with Crippen LogP contribution in [0.2, 0.25) is 0 Å². The lowest BCUT2D eigenvalue weighted by atomic mass is 10.0. The minimum atomic E-state index is 1.00. The Hall–Kier alpha value is -5.08. The standard InChI is InChI=1S/C42H38N2/c1-31-5-3-7-41(29-31)43-37-21-13-33(14-22-37)9-11-35-17-25-39(26-18-35)44(42-8-4-6-32(2)30-42)40-27-19-36(20-28-40)12-10-34-15-23-38(43)24-16-34/h3-8,13-30H,9-12H2,1-2H3. The molecule has 0 saturated heterocycles. The van der Waals surface area contributed by atoms with Crippen molar-refractivity contribution in [2.24, 2.45) is 0 Å². The Labute approximate surface area is 261 Å². The van der Waals surface area contributed by atoms with E-state index in [1.807, 2.05) is 0 Å². The van der Waals surface area contributed by atoms with E-state index in [9.17, 15) is 0 Å². The predicted octanol–water partition coefficient (Wildman–Crippen LogP) is 11.1. The molecule has 0 unspecified atom stereocenters. The van der Waals surface area contributed by atoms with Crippen LogP contribution < -0.4 is 9.80 Å². The molecular formula is C42H38N2. The summed E-state index contributed by atoms with van der Waals surface area (Å²) in [6.07, 6.45) is 4.01. The van der Waals surface area contributed by atoms with E-state index in [0.29, 0.717) is 0 Å². The summed E-state index contributed by atoms with van der Waals surface area (Å²) in [5.74, 6) is 0. The highest BCUT2D eigenvalue weighted by Crippen LogP contribution is 2.37. The smallest absolute Gasteiger partial charge is 0.0464 e. The van der Waals surface area contributed by atoms with Crippen molar-refractivity contribution in [1.29, 1.82) is 0 Å². The summed E-state index contributed by atoms with van der Waals surface area (Å²) in [5.41, 5.74) is 15.0. The monoisotopic (exact) mass is 570 g/mol. The highest BCUT2D eigenvalue weighted by Gasteiger charge is 2.15. The molecule has 6 aromatic carbocycles. The molecule has 0 atom stereocenters. The second-order valence-corrected chi connectivity index (χ2v) is 12.0. The van der Waals surface area contributed by atoms with Crippen molar-refractivity contribution in [3.05, 3.63) is 179 Å². The van der Waals surface area contributed by atoms with Gasteiger partial charge in [-0.2, -0.15) is 0 Å². The fraction of sp³-hybridized carbons (Fsp3) is 0.143. The average molecular weight is 571 g/mol. The molecule has 6 aromatic rings. The van der Waals surface area contributed by atoms with Crippen LogP contribution >= 0.6 is 0 Å². The van der Waals surface area contributed by atoms with E-state index in [4.69, 9.17) is 0 Å². The van der Waals surface area contributed by atoms with Crippen LogP contribution in [-0.2, 0) is 25.7 Å². The summed E-state index contributed by atoms with van der Waals surface area (Å²) in [6, 6.07) is 54.0. The zero-order chi connectivity index (χ0) is 29.9. The fourth-order valence-electron chi connectivity index (χ4n) is 6.25. The zero-order valence-corrected chi connectivity index (χ0v) is 25.6.